The number of hydrogen-bond donors (Lipinski definition) is 1. The Morgan fingerprint density at radius 2 is 1.78 bits per heavy atom. The van der Waals surface area contributed by atoms with Crippen molar-refractivity contribution in [2.75, 3.05) is 0 Å². The molecule has 0 fully saturated rings. The molecule has 1 aromatic heterocycles. The van der Waals surface area contributed by atoms with Crippen LogP contribution >= 0.6 is 12.2 Å². The summed E-state index contributed by atoms with van der Waals surface area (Å²) in [5.41, 5.74) is 3.79. The van der Waals surface area contributed by atoms with Gasteiger partial charge < -0.3 is 9.55 Å². The van der Waals surface area contributed by atoms with E-state index in [1.165, 1.54) is 11.1 Å². The predicted molar refractivity (Wildman–Crippen MR) is 80.7 cm³/mol. The number of imidazole rings is 1. The van der Waals surface area contributed by atoms with E-state index in [1.807, 2.05) is 0 Å². The SMILES string of the molecule is CCC(CC)(CC)n1c(=S)[nH]c2cc(C)ccc21. The van der Waals surface area contributed by atoms with Gasteiger partial charge >= 0.3 is 0 Å². The molecular formula is C15H22N2S. The van der Waals surface area contributed by atoms with Crippen LogP contribution in [0.5, 0.6) is 0 Å². The van der Waals surface area contributed by atoms with Crippen LogP contribution in [0.2, 0.25) is 0 Å². The molecule has 1 N–H and O–H groups in total. The molecule has 2 rings (SSSR count). The third-order valence-corrected chi connectivity index (χ3v) is 4.57. The van der Waals surface area contributed by atoms with E-state index in [0.29, 0.717) is 0 Å². The van der Waals surface area contributed by atoms with Gasteiger partial charge in [0.1, 0.15) is 0 Å². The highest BCUT2D eigenvalue weighted by molar-refractivity contribution is 7.71. The molecule has 0 atom stereocenters. The van der Waals surface area contributed by atoms with Crippen molar-refractivity contribution in [1.82, 2.24) is 9.55 Å². The Balaban J connectivity index is 2.77. The normalized spacial score (nSPS) is 12.2. The lowest BCUT2D eigenvalue weighted by Gasteiger charge is -2.33. The monoisotopic (exact) mass is 262 g/mol. The first-order valence-corrected chi connectivity index (χ1v) is 7.20. The second-order valence-corrected chi connectivity index (χ2v) is 5.46. The minimum atomic E-state index is 0.143. The average Bonchev–Trinajstić information content (AvgIpc) is 2.69. The van der Waals surface area contributed by atoms with Gasteiger partial charge in [0, 0.05) is 5.54 Å². The lowest BCUT2D eigenvalue weighted by molar-refractivity contribution is 0.255. The maximum Gasteiger partial charge on any atom is 0.178 e. The molecule has 0 radical (unpaired) electrons. The smallest absolute Gasteiger partial charge is 0.178 e. The molecule has 1 aromatic carbocycles. The summed E-state index contributed by atoms with van der Waals surface area (Å²) >= 11 is 5.55. The summed E-state index contributed by atoms with van der Waals surface area (Å²) in [6.45, 7) is 8.87. The Kier molecular flexibility index (Phi) is 3.62. The molecule has 2 aromatic rings. The Bertz CT molecular complexity index is 594. The molecule has 98 valence electrons. The molecule has 0 saturated carbocycles. The van der Waals surface area contributed by atoms with E-state index in [2.05, 4.69) is 55.4 Å². The fourth-order valence-corrected chi connectivity index (χ4v) is 3.32. The summed E-state index contributed by atoms with van der Waals surface area (Å²) in [6, 6.07) is 6.52. The number of benzene rings is 1. The fourth-order valence-electron chi connectivity index (χ4n) is 2.92. The minimum Gasteiger partial charge on any atom is -0.331 e. The van der Waals surface area contributed by atoms with Crippen molar-refractivity contribution in [2.24, 2.45) is 0 Å². The van der Waals surface area contributed by atoms with Gasteiger partial charge in [-0.05, 0) is 56.1 Å². The molecule has 0 aliphatic carbocycles. The second kappa shape index (κ2) is 4.88. The number of aryl methyl sites for hydroxylation is 1. The van der Waals surface area contributed by atoms with Gasteiger partial charge in [-0.2, -0.15) is 0 Å². The molecule has 0 saturated heterocycles. The van der Waals surface area contributed by atoms with E-state index in [9.17, 15) is 0 Å². The minimum absolute atomic E-state index is 0.143. The van der Waals surface area contributed by atoms with Gasteiger partial charge in [0.2, 0.25) is 0 Å². The third-order valence-electron chi connectivity index (χ3n) is 4.29. The number of rotatable bonds is 4. The van der Waals surface area contributed by atoms with Crippen molar-refractivity contribution in [2.45, 2.75) is 52.5 Å². The van der Waals surface area contributed by atoms with Crippen LogP contribution in [0, 0.1) is 11.7 Å². The van der Waals surface area contributed by atoms with E-state index < -0.39 is 0 Å². The van der Waals surface area contributed by atoms with Crippen molar-refractivity contribution in [3.8, 4) is 0 Å². The van der Waals surface area contributed by atoms with Crippen molar-refractivity contribution in [3.63, 3.8) is 0 Å². The maximum absolute atomic E-state index is 5.55. The fraction of sp³-hybridized carbons (Fsp3) is 0.533. The van der Waals surface area contributed by atoms with Crippen molar-refractivity contribution < 1.29 is 0 Å². The highest BCUT2D eigenvalue weighted by Crippen LogP contribution is 2.33. The number of hydrogen-bond acceptors (Lipinski definition) is 1. The first-order valence-electron chi connectivity index (χ1n) is 6.79. The molecule has 18 heavy (non-hydrogen) atoms. The third kappa shape index (κ3) is 1.91. The molecule has 2 nitrogen and oxygen atoms in total. The average molecular weight is 262 g/mol. The van der Waals surface area contributed by atoms with E-state index in [-0.39, 0.29) is 5.54 Å². The van der Waals surface area contributed by atoms with Crippen LogP contribution in [0.4, 0.5) is 0 Å². The van der Waals surface area contributed by atoms with Gasteiger partial charge in [0.05, 0.1) is 11.0 Å². The molecule has 0 amide bonds. The largest absolute Gasteiger partial charge is 0.331 e. The van der Waals surface area contributed by atoms with Gasteiger partial charge in [-0.25, -0.2) is 0 Å². The Morgan fingerprint density at radius 1 is 1.17 bits per heavy atom. The van der Waals surface area contributed by atoms with Gasteiger partial charge in [-0.15, -0.1) is 0 Å². The van der Waals surface area contributed by atoms with Crippen LogP contribution in [0.3, 0.4) is 0 Å². The van der Waals surface area contributed by atoms with Crippen molar-refractivity contribution in [1.29, 1.82) is 0 Å². The van der Waals surface area contributed by atoms with Crippen LogP contribution in [-0.4, -0.2) is 9.55 Å². The molecule has 0 bridgehead atoms. The lowest BCUT2D eigenvalue weighted by atomic mass is 9.89. The molecule has 0 aliphatic rings. The zero-order valence-electron chi connectivity index (χ0n) is 11.7. The van der Waals surface area contributed by atoms with E-state index in [0.717, 1.165) is 29.6 Å². The Morgan fingerprint density at radius 3 is 2.33 bits per heavy atom. The quantitative estimate of drug-likeness (QED) is 0.775. The lowest BCUT2D eigenvalue weighted by Crippen LogP contribution is -2.31. The highest BCUT2D eigenvalue weighted by atomic mass is 32.1. The topological polar surface area (TPSA) is 20.7 Å². The number of nitrogens with one attached hydrogen (secondary N) is 1. The summed E-state index contributed by atoms with van der Waals surface area (Å²) in [7, 11) is 0. The van der Waals surface area contributed by atoms with E-state index in [4.69, 9.17) is 12.2 Å². The van der Waals surface area contributed by atoms with Crippen LogP contribution < -0.4 is 0 Å². The van der Waals surface area contributed by atoms with Crippen molar-refractivity contribution in [3.05, 3.63) is 28.5 Å². The first kappa shape index (κ1) is 13.3. The summed E-state index contributed by atoms with van der Waals surface area (Å²) < 4.78 is 3.18. The molecule has 0 unspecified atom stereocenters. The number of nitrogens with zero attached hydrogens (tertiary/aromatic N) is 1. The maximum atomic E-state index is 5.55. The van der Waals surface area contributed by atoms with Crippen LogP contribution in [-0.2, 0) is 5.54 Å². The predicted octanol–water partition coefficient (Wildman–Crippen LogP) is 4.93. The summed E-state index contributed by atoms with van der Waals surface area (Å²) in [6.07, 6.45) is 3.32. The van der Waals surface area contributed by atoms with E-state index in [1.54, 1.807) is 0 Å². The standard InChI is InChI=1S/C15H22N2S/c1-5-15(6-2,7-3)17-13-9-8-11(4)10-12(13)16-14(17)18/h8-10H,5-7H2,1-4H3,(H,16,18). The van der Waals surface area contributed by atoms with Gasteiger partial charge in [0.15, 0.2) is 4.77 Å². The summed E-state index contributed by atoms with van der Waals surface area (Å²) in [5.74, 6) is 0. The van der Waals surface area contributed by atoms with Crippen LogP contribution in [0.15, 0.2) is 18.2 Å². The zero-order chi connectivity index (χ0) is 13.3. The number of fused-ring (bicyclic) bond motifs is 1. The van der Waals surface area contributed by atoms with E-state index >= 15 is 0 Å². The van der Waals surface area contributed by atoms with Crippen molar-refractivity contribution >= 4 is 23.3 Å². The number of aromatic nitrogens is 2. The molecular weight excluding hydrogens is 240 g/mol. The molecule has 3 heteroatoms. The van der Waals surface area contributed by atoms with Gasteiger partial charge in [0.25, 0.3) is 0 Å². The molecule has 0 spiro atoms. The van der Waals surface area contributed by atoms with Crippen LogP contribution in [0.25, 0.3) is 11.0 Å². The summed E-state index contributed by atoms with van der Waals surface area (Å²) in [4.78, 5) is 3.35. The zero-order valence-corrected chi connectivity index (χ0v) is 12.5. The number of aromatic amines is 1. The van der Waals surface area contributed by atoms with Gasteiger partial charge in [-0.1, -0.05) is 26.8 Å². The first-order chi connectivity index (χ1) is 8.57. The Hall–Kier alpha value is -1.09. The molecule has 0 aliphatic heterocycles. The summed E-state index contributed by atoms with van der Waals surface area (Å²) in [5, 5.41) is 0. The second-order valence-electron chi connectivity index (χ2n) is 5.07. The highest BCUT2D eigenvalue weighted by Gasteiger charge is 2.28. The number of H-pyrrole nitrogens is 1. The van der Waals surface area contributed by atoms with Gasteiger partial charge in [-0.3, -0.25) is 0 Å². The Labute approximate surface area is 114 Å². The van der Waals surface area contributed by atoms with Crippen LogP contribution in [0.1, 0.15) is 45.6 Å². The molecule has 1 heterocycles.